The van der Waals surface area contributed by atoms with Crippen LogP contribution in [0.3, 0.4) is 0 Å². The molecule has 0 aliphatic heterocycles. The van der Waals surface area contributed by atoms with Gasteiger partial charge in [-0.05, 0) is 43.4 Å². The predicted octanol–water partition coefficient (Wildman–Crippen LogP) is 3.58. The number of hydrogen-bond acceptors (Lipinski definition) is 4. The standard InChI is InChI=1S/C17H30N2O2/c1-5-7-19-17(9-14(3)13-20-4)15-10-16(12-18-11-15)21-8-6-2/h10-12,14,17,19H,5-9,13H2,1-4H3. The SMILES string of the molecule is CCCNC(CC(C)COC)c1cncc(OCCC)c1. The Morgan fingerprint density at radius 3 is 2.71 bits per heavy atom. The van der Waals surface area contributed by atoms with Gasteiger partial charge in [0.1, 0.15) is 5.75 Å². The van der Waals surface area contributed by atoms with Gasteiger partial charge >= 0.3 is 0 Å². The maximum atomic E-state index is 5.69. The number of methoxy groups -OCH3 is 1. The van der Waals surface area contributed by atoms with Crippen molar-refractivity contribution in [1.82, 2.24) is 10.3 Å². The number of pyridine rings is 1. The zero-order chi connectivity index (χ0) is 15.5. The van der Waals surface area contributed by atoms with E-state index in [1.54, 1.807) is 13.3 Å². The average molecular weight is 294 g/mol. The van der Waals surface area contributed by atoms with E-state index in [9.17, 15) is 0 Å². The molecule has 0 bridgehead atoms. The second kappa shape index (κ2) is 10.6. The summed E-state index contributed by atoms with van der Waals surface area (Å²) in [5.41, 5.74) is 1.19. The summed E-state index contributed by atoms with van der Waals surface area (Å²) in [4.78, 5) is 4.32. The lowest BCUT2D eigenvalue weighted by Crippen LogP contribution is -2.25. The normalized spacial score (nSPS) is 13.9. The molecule has 1 aromatic rings. The zero-order valence-electron chi connectivity index (χ0n) is 13.9. The highest BCUT2D eigenvalue weighted by atomic mass is 16.5. The third kappa shape index (κ3) is 6.91. The number of aromatic nitrogens is 1. The van der Waals surface area contributed by atoms with Gasteiger partial charge in [0.25, 0.3) is 0 Å². The minimum atomic E-state index is 0.299. The number of nitrogens with one attached hydrogen (secondary N) is 1. The van der Waals surface area contributed by atoms with Crippen LogP contribution in [0.2, 0.25) is 0 Å². The van der Waals surface area contributed by atoms with Crippen molar-refractivity contribution in [2.24, 2.45) is 5.92 Å². The first-order chi connectivity index (χ1) is 10.2. The van der Waals surface area contributed by atoms with Gasteiger partial charge in [0.2, 0.25) is 0 Å². The van der Waals surface area contributed by atoms with Gasteiger partial charge in [-0.15, -0.1) is 0 Å². The third-order valence-corrected chi connectivity index (χ3v) is 3.34. The fourth-order valence-corrected chi connectivity index (χ4v) is 2.34. The summed E-state index contributed by atoms with van der Waals surface area (Å²) in [7, 11) is 1.76. The molecule has 21 heavy (non-hydrogen) atoms. The molecule has 4 nitrogen and oxygen atoms in total. The first kappa shape index (κ1) is 17.9. The third-order valence-electron chi connectivity index (χ3n) is 3.34. The van der Waals surface area contributed by atoms with Crippen LogP contribution >= 0.6 is 0 Å². The summed E-state index contributed by atoms with van der Waals surface area (Å²) in [5, 5.41) is 3.61. The Bertz CT molecular complexity index is 385. The summed E-state index contributed by atoms with van der Waals surface area (Å²) in [6.45, 7) is 9.03. The molecule has 0 amide bonds. The van der Waals surface area contributed by atoms with Crippen LogP contribution in [-0.4, -0.2) is 31.9 Å². The number of rotatable bonds is 11. The summed E-state index contributed by atoms with van der Waals surface area (Å²) in [5.74, 6) is 1.36. The molecule has 120 valence electrons. The molecule has 0 saturated carbocycles. The van der Waals surface area contributed by atoms with Crippen molar-refractivity contribution in [2.45, 2.75) is 46.1 Å². The molecule has 1 N–H and O–H groups in total. The lowest BCUT2D eigenvalue weighted by atomic mass is 9.97. The van der Waals surface area contributed by atoms with Crippen molar-refractivity contribution in [2.75, 3.05) is 26.9 Å². The minimum Gasteiger partial charge on any atom is -0.492 e. The van der Waals surface area contributed by atoms with E-state index in [0.29, 0.717) is 12.0 Å². The maximum Gasteiger partial charge on any atom is 0.137 e. The molecule has 0 aliphatic rings. The molecule has 0 fully saturated rings. The molecule has 0 aromatic carbocycles. The van der Waals surface area contributed by atoms with Crippen molar-refractivity contribution in [3.8, 4) is 5.75 Å². The fraction of sp³-hybridized carbons (Fsp3) is 0.706. The monoisotopic (exact) mass is 294 g/mol. The quantitative estimate of drug-likeness (QED) is 0.677. The number of nitrogens with zero attached hydrogens (tertiary/aromatic N) is 1. The molecule has 1 heterocycles. The Labute approximate surface area is 129 Å². The lowest BCUT2D eigenvalue weighted by Gasteiger charge is -2.22. The highest BCUT2D eigenvalue weighted by Gasteiger charge is 2.16. The largest absolute Gasteiger partial charge is 0.492 e. The van der Waals surface area contributed by atoms with E-state index in [1.165, 1.54) is 5.56 Å². The Morgan fingerprint density at radius 2 is 2.05 bits per heavy atom. The molecule has 2 unspecified atom stereocenters. The van der Waals surface area contributed by atoms with Crippen LogP contribution in [0.25, 0.3) is 0 Å². The van der Waals surface area contributed by atoms with Crippen molar-refractivity contribution in [3.05, 3.63) is 24.0 Å². The molecule has 2 atom stereocenters. The van der Waals surface area contributed by atoms with Gasteiger partial charge in [0.05, 0.1) is 12.8 Å². The Hall–Kier alpha value is -1.13. The molecule has 0 radical (unpaired) electrons. The van der Waals surface area contributed by atoms with E-state index < -0.39 is 0 Å². The van der Waals surface area contributed by atoms with E-state index >= 15 is 0 Å². The van der Waals surface area contributed by atoms with Gasteiger partial charge in [-0.3, -0.25) is 4.98 Å². The van der Waals surface area contributed by atoms with Crippen LogP contribution in [0, 0.1) is 5.92 Å². The first-order valence-corrected chi connectivity index (χ1v) is 8.01. The van der Waals surface area contributed by atoms with E-state index in [1.807, 2.05) is 6.20 Å². The van der Waals surface area contributed by atoms with Gasteiger partial charge in [-0.25, -0.2) is 0 Å². The van der Waals surface area contributed by atoms with Crippen molar-refractivity contribution < 1.29 is 9.47 Å². The van der Waals surface area contributed by atoms with Crippen molar-refractivity contribution in [1.29, 1.82) is 0 Å². The molecular weight excluding hydrogens is 264 g/mol. The van der Waals surface area contributed by atoms with Gasteiger partial charge in [-0.1, -0.05) is 20.8 Å². The van der Waals surface area contributed by atoms with Crippen molar-refractivity contribution >= 4 is 0 Å². The van der Waals surface area contributed by atoms with Crippen LogP contribution in [0.15, 0.2) is 18.5 Å². The van der Waals surface area contributed by atoms with Gasteiger partial charge < -0.3 is 14.8 Å². The van der Waals surface area contributed by atoms with Gasteiger partial charge in [-0.2, -0.15) is 0 Å². The molecule has 0 aliphatic carbocycles. The maximum absolute atomic E-state index is 5.69. The second-order valence-corrected chi connectivity index (χ2v) is 5.61. The van der Waals surface area contributed by atoms with E-state index in [-0.39, 0.29) is 0 Å². The van der Waals surface area contributed by atoms with E-state index in [4.69, 9.17) is 9.47 Å². The smallest absolute Gasteiger partial charge is 0.137 e. The highest BCUT2D eigenvalue weighted by Crippen LogP contribution is 2.24. The van der Waals surface area contributed by atoms with Crippen LogP contribution < -0.4 is 10.1 Å². The highest BCUT2D eigenvalue weighted by molar-refractivity contribution is 5.26. The molecule has 0 saturated heterocycles. The molecule has 0 spiro atoms. The summed E-state index contributed by atoms with van der Waals surface area (Å²) >= 11 is 0. The van der Waals surface area contributed by atoms with Crippen LogP contribution in [0.5, 0.6) is 5.75 Å². The van der Waals surface area contributed by atoms with E-state index in [0.717, 1.165) is 44.8 Å². The Morgan fingerprint density at radius 1 is 1.24 bits per heavy atom. The Kier molecular flexibility index (Phi) is 9.02. The van der Waals surface area contributed by atoms with Crippen molar-refractivity contribution in [3.63, 3.8) is 0 Å². The number of hydrogen-bond donors (Lipinski definition) is 1. The zero-order valence-corrected chi connectivity index (χ0v) is 13.9. The molecular formula is C17H30N2O2. The topological polar surface area (TPSA) is 43.4 Å². The summed E-state index contributed by atoms with van der Waals surface area (Å²) < 4.78 is 10.9. The minimum absolute atomic E-state index is 0.299. The summed E-state index contributed by atoms with van der Waals surface area (Å²) in [6.07, 6.45) is 6.88. The Balaban J connectivity index is 2.75. The van der Waals surface area contributed by atoms with Crippen LogP contribution in [-0.2, 0) is 4.74 Å². The van der Waals surface area contributed by atoms with Gasteiger partial charge in [0, 0.05) is 26.0 Å². The first-order valence-electron chi connectivity index (χ1n) is 8.01. The molecule has 1 rings (SSSR count). The van der Waals surface area contributed by atoms with Gasteiger partial charge in [0.15, 0.2) is 0 Å². The molecule has 1 aromatic heterocycles. The van der Waals surface area contributed by atoms with Crippen LogP contribution in [0.4, 0.5) is 0 Å². The fourth-order valence-electron chi connectivity index (χ4n) is 2.34. The van der Waals surface area contributed by atoms with Crippen LogP contribution in [0.1, 0.15) is 51.6 Å². The second-order valence-electron chi connectivity index (χ2n) is 5.61. The predicted molar refractivity (Wildman–Crippen MR) is 86.7 cm³/mol. The van der Waals surface area contributed by atoms with E-state index in [2.05, 4.69) is 37.1 Å². The number of ether oxygens (including phenoxy) is 2. The summed E-state index contributed by atoms with van der Waals surface area (Å²) in [6, 6.07) is 2.41. The average Bonchev–Trinajstić information content (AvgIpc) is 2.50. The molecule has 4 heteroatoms. The lowest BCUT2D eigenvalue weighted by molar-refractivity contribution is 0.149.